The Morgan fingerprint density at radius 3 is 2.58 bits per heavy atom. The van der Waals surface area contributed by atoms with E-state index in [0.717, 1.165) is 27.8 Å². The van der Waals surface area contributed by atoms with Gasteiger partial charge in [0.1, 0.15) is 12.2 Å². The number of carboxylic acid groups (broad SMARTS) is 1. The second kappa shape index (κ2) is 14.8. The quantitative estimate of drug-likeness (QED) is 0.176. The van der Waals surface area contributed by atoms with Crippen LogP contribution in [0.4, 0.5) is 0 Å². The standard InChI is InChI=1S/C28H38N2O9S/c1-3-40-12-6-11-38-28(27(36)37)15-21(32)24(30-17(2)31)26(39-28)25(35)22(33)16-29-23(34)14-18-9-10-19-7-4-5-8-20(19)13-18/h4-5,7-10,13,21-22,24-26,32-33,35H,3,6,11-12,14-16H2,1-2H3,(H,29,34)(H,30,31)(H,36,37)/t21?,22-,24-,25-,26-,28-/m1/s1. The summed E-state index contributed by atoms with van der Waals surface area (Å²) in [5.74, 6) is -3.14. The van der Waals surface area contributed by atoms with Gasteiger partial charge in [0.2, 0.25) is 11.8 Å². The number of amides is 2. The fraction of sp³-hybridized carbons (Fsp3) is 0.536. The highest BCUT2D eigenvalue weighted by Crippen LogP contribution is 2.33. The molecule has 2 aromatic rings. The van der Waals surface area contributed by atoms with Crippen molar-refractivity contribution < 1.29 is 44.3 Å². The van der Waals surface area contributed by atoms with E-state index in [1.807, 2.05) is 49.4 Å². The van der Waals surface area contributed by atoms with Gasteiger partial charge in [-0.25, -0.2) is 4.79 Å². The Balaban J connectivity index is 1.67. The molecular formula is C28H38N2O9S. The van der Waals surface area contributed by atoms with Crippen molar-refractivity contribution in [3.63, 3.8) is 0 Å². The lowest BCUT2D eigenvalue weighted by molar-refractivity contribution is -0.310. The van der Waals surface area contributed by atoms with Crippen molar-refractivity contribution in [2.45, 2.75) is 69.4 Å². The average molecular weight is 579 g/mol. The van der Waals surface area contributed by atoms with Crippen LogP contribution < -0.4 is 10.6 Å². The molecule has 40 heavy (non-hydrogen) atoms. The maximum Gasteiger partial charge on any atom is 0.364 e. The van der Waals surface area contributed by atoms with Crippen LogP contribution in [0.25, 0.3) is 10.8 Å². The monoisotopic (exact) mass is 578 g/mol. The summed E-state index contributed by atoms with van der Waals surface area (Å²) < 4.78 is 11.3. The van der Waals surface area contributed by atoms with Crippen molar-refractivity contribution in [2.75, 3.05) is 24.7 Å². The lowest BCUT2D eigenvalue weighted by atomic mass is 9.88. The Bertz CT molecular complexity index is 1170. The predicted molar refractivity (Wildman–Crippen MR) is 150 cm³/mol. The highest BCUT2D eigenvalue weighted by Gasteiger charge is 2.55. The summed E-state index contributed by atoms with van der Waals surface area (Å²) in [5.41, 5.74) is 0.761. The Morgan fingerprint density at radius 1 is 1.18 bits per heavy atom. The molecule has 0 aromatic heterocycles. The minimum absolute atomic E-state index is 0.0209. The van der Waals surface area contributed by atoms with Gasteiger partial charge in [-0.3, -0.25) is 9.59 Å². The fourth-order valence-corrected chi connectivity index (χ4v) is 5.26. The number of fused-ring (bicyclic) bond motifs is 1. The SMILES string of the molecule is CCSCCCO[C@]1(C(=O)O)CC(O)[C@@H](NC(C)=O)[C@H]([C@H](O)[C@H](O)CNC(=O)Cc2ccc3ccccc3c2)O1. The average Bonchev–Trinajstić information content (AvgIpc) is 2.92. The van der Waals surface area contributed by atoms with E-state index in [0.29, 0.717) is 6.42 Å². The van der Waals surface area contributed by atoms with Gasteiger partial charge < -0.3 is 40.5 Å². The summed E-state index contributed by atoms with van der Waals surface area (Å²) in [6.45, 7) is 2.83. The van der Waals surface area contributed by atoms with E-state index in [1.165, 1.54) is 6.92 Å². The molecule has 1 aliphatic rings. The smallest absolute Gasteiger partial charge is 0.364 e. The molecule has 6 N–H and O–H groups in total. The molecule has 2 amide bonds. The molecule has 1 saturated heterocycles. The predicted octanol–water partition coefficient (Wildman–Crippen LogP) is 0.816. The largest absolute Gasteiger partial charge is 0.477 e. The second-order valence-corrected chi connectivity index (χ2v) is 11.2. The van der Waals surface area contributed by atoms with Crippen LogP contribution in [0.3, 0.4) is 0 Å². The number of benzene rings is 2. The Kier molecular flexibility index (Phi) is 11.7. The highest BCUT2D eigenvalue weighted by molar-refractivity contribution is 7.99. The Labute approximate surface area is 237 Å². The van der Waals surface area contributed by atoms with Gasteiger partial charge >= 0.3 is 5.97 Å². The van der Waals surface area contributed by atoms with E-state index >= 15 is 0 Å². The van der Waals surface area contributed by atoms with Gasteiger partial charge in [-0.2, -0.15) is 11.8 Å². The number of carbonyl (C=O) groups excluding carboxylic acids is 2. The first kappa shape index (κ1) is 31.8. The van der Waals surface area contributed by atoms with E-state index in [9.17, 15) is 34.8 Å². The molecule has 3 rings (SSSR count). The van der Waals surface area contributed by atoms with Gasteiger partial charge in [0.25, 0.3) is 5.79 Å². The number of thioether (sulfide) groups is 1. The lowest BCUT2D eigenvalue weighted by Gasteiger charge is -2.46. The summed E-state index contributed by atoms with van der Waals surface area (Å²) in [4.78, 5) is 36.6. The van der Waals surface area contributed by atoms with Gasteiger partial charge in [0.15, 0.2) is 0 Å². The van der Waals surface area contributed by atoms with Crippen molar-refractivity contribution in [1.82, 2.24) is 10.6 Å². The number of carbonyl (C=O) groups is 3. The molecule has 0 radical (unpaired) electrons. The molecule has 11 nitrogen and oxygen atoms in total. The zero-order valence-electron chi connectivity index (χ0n) is 22.6. The number of rotatable bonds is 14. The molecule has 0 spiro atoms. The summed E-state index contributed by atoms with van der Waals surface area (Å²) in [7, 11) is 0. The molecule has 2 aromatic carbocycles. The molecular weight excluding hydrogens is 540 g/mol. The van der Waals surface area contributed by atoms with Gasteiger partial charge in [-0.15, -0.1) is 0 Å². The topological polar surface area (TPSA) is 175 Å². The normalized spacial score (nSPS) is 24.3. The molecule has 1 unspecified atom stereocenters. The van der Waals surface area contributed by atoms with E-state index in [1.54, 1.807) is 11.8 Å². The summed E-state index contributed by atoms with van der Waals surface area (Å²) in [6.07, 6.45) is -6.36. The van der Waals surface area contributed by atoms with E-state index < -0.39 is 60.4 Å². The maximum absolute atomic E-state index is 12.6. The second-order valence-electron chi connectivity index (χ2n) is 9.76. The van der Waals surface area contributed by atoms with Crippen LogP contribution in [-0.2, 0) is 30.3 Å². The Hall–Kier alpha value is -2.74. The minimum atomic E-state index is -2.30. The van der Waals surface area contributed by atoms with Crippen LogP contribution >= 0.6 is 11.8 Å². The van der Waals surface area contributed by atoms with Crippen LogP contribution in [0.2, 0.25) is 0 Å². The number of hydrogen-bond donors (Lipinski definition) is 6. The summed E-state index contributed by atoms with van der Waals surface area (Å²) >= 11 is 1.65. The number of aliphatic hydroxyl groups excluding tert-OH is 3. The zero-order chi connectivity index (χ0) is 29.3. The molecule has 6 atom stereocenters. The molecule has 1 aliphatic heterocycles. The molecule has 0 saturated carbocycles. The van der Waals surface area contributed by atoms with Crippen LogP contribution in [0.5, 0.6) is 0 Å². The van der Waals surface area contributed by atoms with Crippen LogP contribution in [-0.4, -0.2) is 99.1 Å². The van der Waals surface area contributed by atoms with Crippen molar-refractivity contribution in [3.8, 4) is 0 Å². The van der Waals surface area contributed by atoms with Crippen molar-refractivity contribution in [1.29, 1.82) is 0 Å². The van der Waals surface area contributed by atoms with Crippen LogP contribution in [0.15, 0.2) is 42.5 Å². The van der Waals surface area contributed by atoms with E-state index in [4.69, 9.17) is 9.47 Å². The van der Waals surface area contributed by atoms with Gasteiger partial charge in [0.05, 0.1) is 31.3 Å². The zero-order valence-corrected chi connectivity index (χ0v) is 23.4. The number of ether oxygens (including phenoxy) is 2. The van der Waals surface area contributed by atoms with Crippen LogP contribution in [0, 0.1) is 0 Å². The molecule has 220 valence electrons. The minimum Gasteiger partial charge on any atom is -0.477 e. The van der Waals surface area contributed by atoms with Crippen molar-refractivity contribution in [2.24, 2.45) is 0 Å². The van der Waals surface area contributed by atoms with E-state index in [2.05, 4.69) is 10.6 Å². The van der Waals surface area contributed by atoms with Crippen LogP contribution in [0.1, 0.15) is 32.3 Å². The van der Waals surface area contributed by atoms with Gasteiger partial charge in [0, 0.05) is 19.9 Å². The maximum atomic E-state index is 12.6. The number of carboxylic acids is 1. The fourth-order valence-electron chi connectivity index (χ4n) is 4.65. The number of nitrogens with one attached hydrogen (secondary N) is 2. The number of aliphatic hydroxyl groups is 3. The molecule has 12 heteroatoms. The summed E-state index contributed by atoms with van der Waals surface area (Å²) in [6, 6.07) is 12.1. The molecule has 0 aliphatic carbocycles. The highest BCUT2D eigenvalue weighted by atomic mass is 32.2. The lowest BCUT2D eigenvalue weighted by Crippen LogP contribution is -2.68. The van der Waals surface area contributed by atoms with Gasteiger partial charge in [-0.1, -0.05) is 49.4 Å². The number of hydrogen-bond acceptors (Lipinski definition) is 9. The van der Waals surface area contributed by atoms with Gasteiger partial charge in [-0.05, 0) is 34.3 Å². The first-order valence-corrected chi connectivity index (χ1v) is 14.4. The first-order chi connectivity index (χ1) is 19.1. The van der Waals surface area contributed by atoms with Crippen molar-refractivity contribution in [3.05, 3.63) is 48.0 Å². The van der Waals surface area contributed by atoms with E-state index in [-0.39, 0.29) is 19.6 Å². The molecule has 0 bridgehead atoms. The third-order valence-corrected chi connectivity index (χ3v) is 7.64. The summed E-state index contributed by atoms with van der Waals surface area (Å²) in [5, 5.41) is 49.5. The first-order valence-electron chi connectivity index (χ1n) is 13.2. The van der Waals surface area contributed by atoms with Crippen molar-refractivity contribution >= 4 is 40.3 Å². The Morgan fingerprint density at radius 2 is 1.90 bits per heavy atom. The molecule has 1 heterocycles. The third kappa shape index (κ3) is 8.38. The molecule has 1 fully saturated rings. The number of aliphatic carboxylic acids is 1. The third-order valence-electron chi connectivity index (χ3n) is 6.66.